The summed E-state index contributed by atoms with van der Waals surface area (Å²) in [6, 6.07) is 3.40. The van der Waals surface area contributed by atoms with Crippen molar-refractivity contribution in [2.75, 3.05) is 5.32 Å². The fraction of sp³-hybridized carbons (Fsp3) is 0.231. The maximum Gasteiger partial charge on any atom is 0.257 e. The third-order valence-electron chi connectivity index (χ3n) is 2.63. The van der Waals surface area contributed by atoms with Crippen LogP contribution in [0.4, 0.5) is 5.69 Å². The lowest BCUT2D eigenvalue weighted by Gasteiger charge is -2.09. The highest BCUT2D eigenvalue weighted by atomic mass is 79.9. The van der Waals surface area contributed by atoms with Gasteiger partial charge in [-0.25, -0.2) is 4.98 Å². The van der Waals surface area contributed by atoms with Crippen LogP contribution in [0.1, 0.15) is 28.7 Å². The summed E-state index contributed by atoms with van der Waals surface area (Å²) in [4.78, 5) is 16.3. The standard InChI is InChI=1S/C13H12BrClN4O/c1-3-10-9(4-7(2)18-19-10)13(20)17-11-5-8(14)6-16-12(11)15/h4-6H,3H2,1-2H3,(H,17,20). The van der Waals surface area contributed by atoms with Gasteiger partial charge in [0.05, 0.1) is 22.6 Å². The minimum absolute atomic E-state index is 0.235. The first-order chi connectivity index (χ1) is 9.51. The molecule has 1 amide bonds. The highest BCUT2D eigenvalue weighted by molar-refractivity contribution is 9.10. The molecule has 0 fully saturated rings. The zero-order chi connectivity index (χ0) is 14.7. The fourth-order valence-electron chi connectivity index (χ4n) is 1.67. The van der Waals surface area contributed by atoms with Crippen molar-refractivity contribution in [1.29, 1.82) is 0 Å². The lowest BCUT2D eigenvalue weighted by atomic mass is 10.1. The summed E-state index contributed by atoms with van der Waals surface area (Å²) >= 11 is 9.25. The van der Waals surface area contributed by atoms with Crippen LogP contribution in [-0.4, -0.2) is 21.1 Å². The number of carbonyl (C=O) groups is 1. The van der Waals surface area contributed by atoms with E-state index in [2.05, 4.69) is 36.4 Å². The van der Waals surface area contributed by atoms with Gasteiger partial charge in [-0.05, 0) is 41.4 Å². The Hall–Kier alpha value is -1.53. The molecule has 1 N–H and O–H groups in total. The summed E-state index contributed by atoms with van der Waals surface area (Å²) < 4.78 is 0.733. The number of carbonyl (C=O) groups excluding carboxylic acids is 1. The van der Waals surface area contributed by atoms with Crippen molar-refractivity contribution in [2.45, 2.75) is 20.3 Å². The molecule has 2 aromatic rings. The number of aryl methyl sites for hydroxylation is 2. The smallest absolute Gasteiger partial charge is 0.257 e. The monoisotopic (exact) mass is 354 g/mol. The van der Waals surface area contributed by atoms with Crippen molar-refractivity contribution in [1.82, 2.24) is 15.2 Å². The van der Waals surface area contributed by atoms with Crippen molar-refractivity contribution in [2.24, 2.45) is 0 Å². The first-order valence-electron chi connectivity index (χ1n) is 5.97. The molecule has 0 unspecified atom stereocenters. The molecule has 2 rings (SSSR count). The largest absolute Gasteiger partial charge is 0.319 e. The number of halogens is 2. The van der Waals surface area contributed by atoms with Crippen LogP contribution < -0.4 is 5.32 Å². The molecule has 0 aliphatic carbocycles. The molecule has 0 bridgehead atoms. The Morgan fingerprint density at radius 3 is 2.85 bits per heavy atom. The van der Waals surface area contributed by atoms with E-state index in [-0.39, 0.29) is 11.1 Å². The Labute approximate surface area is 129 Å². The zero-order valence-corrected chi connectivity index (χ0v) is 13.3. The van der Waals surface area contributed by atoms with E-state index < -0.39 is 0 Å². The number of nitrogens with one attached hydrogen (secondary N) is 1. The number of rotatable bonds is 3. The van der Waals surface area contributed by atoms with E-state index in [0.29, 0.717) is 29.1 Å². The summed E-state index contributed by atoms with van der Waals surface area (Å²) in [7, 11) is 0. The summed E-state index contributed by atoms with van der Waals surface area (Å²) in [5.74, 6) is -0.276. The van der Waals surface area contributed by atoms with Crippen LogP contribution >= 0.6 is 27.5 Å². The van der Waals surface area contributed by atoms with Gasteiger partial charge in [0, 0.05) is 10.7 Å². The highest BCUT2D eigenvalue weighted by Gasteiger charge is 2.15. The molecule has 0 radical (unpaired) electrons. The highest BCUT2D eigenvalue weighted by Crippen LogP contribution is 2.23. The van der Waals surface area contributed by atoms with Gasteiger partial charge in [-0.15, -0.1) is 0 Å². The van der Waals surface area contributed by atoms with Gasteiger partial charge in [0.25, 0.3) is 5.91 Å². The van der Waals surface area contributed by atoms with Crippen molar-refractivity contribution < 1.29 is 4.79 Å². The summed E-state index contributed by atoms with van der Waals surface area (Å²) in [5, 5.41) is 11.0. The Morgan fingerprint density at radius 1 is 1.40 bits per heavy atom. The van der Waals surface area contributed by atoms with Crippen molar-refractivity contribution in [3.63, 3.8) is 0 Å². The Balaban J connectivity index is 2.32. The predicted molar refractivity (Wildman–Crippen MR) is 81.0 cm³/mol. The maximum absolute atomic E-state index is 12.3. The van der Waals surface area contributed by atoms with Crippen molar-refractivity contribution in [3.05, 3.63) is 44.9 Å². The minimum atomic E-state index is -0.276. The number of nitrogens with zero attached hydrogens (tertiary/aromatic N) is 3. The molecule has 7 heteroatoms. The second-order valence-corrected chi connectivity index (χ2v) is 5.42. The van der Waals surface area contributed by atoms with Gasteiger partial charge in [0.15, 0.2) is 5.15 Å². The number of aromatic nitrogens is 3. The Bertz CT molecular complexity index is 663. The van der Waals surface area contributed by atoms with Crippen LogP contribution in [0, 0.1) is 6.92 Å². The molecule has 0 saturated heterocycles. The number of anilines is 1. The van der Waals surface area contributed by atoms with Gasteiger partial charge in [-0.2, -0.15) is 10.2 Å². The molecule has 0 aromatic carbocycles. The van der Waals surface area contributed by atoms with Crippen LogP contribution in [0.5, 0.6) is 0 Å². The Morgan fingerprint density at radius 2 is 2.15 bits per heavy atom. The number of amides is 1. The molecular weight excluding hydrogens is 344 g/mol. The first kappa shape index (κ1) is 14.9. The zero-order valence-electron chi connectivity index (χ0n) is 10.9. The van der Waals surface area contributed by atoms with Crippen LogP contribution in [0.2, 0.25) is 5.15 Å². The molecule has 0 atom stereocenters. The van der Waals surface area contributed by atoms with Gasteiger partial charge in [0.1, 0.15) is 0 Å². The molecule has 20 heavy (non-hydrogen) atoms. The van der Waals surface area contributed by atoms with Gasteiger partial charge < -0.3 is 5.32 Å². The molecule has 0 saturated carbocycles. The third kappa shape index (κ3) is 3.32. The van der Waals surface area contributed by atoms with Crippen molar-refractivity contribution in [3.8, 4) is 0 Å². The van der Waals surface area contributed by atoms with Gasteiger partial charge in [0.2, 0.25) is 0 Å². The first-order valence-corrected chi connectivity index (χ1v) is 7.14. The summed E-state index contributed by atoms with van der Waals surface area (Å²) in [6.07, 6.45) is 2.19. The number of hydrogen-bond donors (Lipinski definition) is 1. The molecule has 2 heterocycles. The molecule has 2 aromatic heterocycles. The van der Waals surface area contributed by atoms with E-state index in [4.69, 9.17) is 11.6 Å². The van der Waals surface area contributed by atoms with Gasteiger partial charge in [-0.1, -0.05) is 18.5 Å². The fourth-order valence-corrected chi connectivity index (χ4v) is 2.15. The van der Waals surface area contributed by atoms with E-state index in [9.17, 15) is 4.79 Å². The van der Waals surface area contributed by atoms with Crippen LogP contribution in [-0.2, 0) is 6.42 Å². The van der Waals surface area contributed by atoms with Crippen LogP contribution in [0.3, 0.4) is 0 Å². The molecule has 0 aliphatic rings. The molecular formula is C13H12BrClN4O. The second-order valence-electron chi connectivity index (χ2n) is 4.15. The number of pyridine rings is 1. The van der Waals surface area contributed by atoms with E-state index in [1.54, 1.807) is 25.3 Å². The normalized spacial score (nSPS) is 10.4. The van der Waals surface area contributed by atoms with Crippen LogP contribution in [0.15, 0.2) is 22.8 Å². The lowest BCUT2D eigenvalue weighted by Crippen LogP contribution is -2.16. The van der Waals surface area contributed by atoms with E-state index in [1.807, 2.05) is 6.92 Å². The quantitative estimate of drug-likeness (QED) is 0.857. The van der Waals surface area contributed by atoms with E-state index in [1.165, 1.54) is 0 Å². The lowest BCUT2D eigenvalue weighted by molar-refractivity contribution is 0.102. The topological polar surface area (TPSA) is 67.8 Å². The number of hydrogen-bond acceptors (Lipinski definition) is 4. The summed E-state index contributed by atoms with van der Waals surface area (Å²) in [5.41, 5.74) is 2.27. The minimum Gasteiger partial charge on any atom is -0.319 e. The molecule has 104 valence electrons. The molecule has 5 nitrogen and oxygen atoms in total. The van der Waals surface area contributed by atoms with E-state index in [0.717, 1.165) is 4.47 Å². The van der Waals surface area contributed by atoms with Crippen LogP contribution in [0.25, 0.3) is 0 Å². The third-order valence-corrected chi connectivity index (χ3v) is 3.36. The average molecular weight is 356 g/mol. The van der Waals surface area contributed by atoms with Crippen molar-refractivity contribution >= 4 is 39.1 Å². The predicted octanol–water partition coefficient (Wildman–Crippen LogP) is 3.41. The van der Waals surface area contributed by atoms with Gasteiger partial charge >= 0.3 is 0 Å². The maximum atomic E-state index is 12.3. The molecule has 0 spiro atoms. The Kier molecular flexibility index (Phi) is 4.67. The SMILES string of the molecule is CCc1nnc(C)cc1C(=O)Nc1cc(Br)cnc1Cl. The average Bonchev–Trinajstić information content (AvgIpc) is 2.42. The van der Waals surface area contributed by atoms with Gasteiger partial charge in [-0.3, -0.25) is 4.79 Å². The summed E-state index contributed by atoms with van der Waals surface area (Å²) in [6.45, 7) is 3.71. The van der Waals surface area contributed by atoms with E-state index >= 15 is 0 Å². The molecule has 0 aliphatic heterocycles. The second kappa shape index (κ2) is 6.28.